The Morgan fingerprint density at radius 1 is 1.14 bits per heavy atom. The zero-order chi connectivity index (χ0) is 14.7. The number of ether oxygens (including phenoxy) is 1. The number of hydrogen-bond acceptors (Lipinski definition) is 5. The van der Waals surface area contributed by atoms with Gasteiger partial charge in [0.1, 0.15) is 5.82 Å². The average Bonchev–Trinajstić information content (AvgIpc) is 2.56. The van der Waals surface area contributed by atoms with Crippen LogP contribution in [0.1, 0.15) is 0 Å². The summed E-state index contributed by atoms with van der Waals surface area (Å²) in [6.45, 7) is 3.12. The normalized spacial score (nSPS) is 15.0. The minimum absolute atomic E-state index is 0.727. The van der Waals surface area contributed by atoms with E-state index >= 15 is 0 Å². The molecule has 0 aliphatic carbocycles. The minimum atomic E-state index is 0.727. The molecule has 1 aliphatic rings. The van der Waals surface area contributed by atoms with Gasteiger partial charge in [-0.1, -0.05) is 30.3 Å². The number of hydrogen-bond donors (Lipinski definition) is 1. The van der Waals surface area contributed by atoms with Crippen molar-refractivity contribution in [3.05, 3.63) is 33.9 Å². The first kappa shape index (κ1) is 14.5. The fraction of sp³-hybridized carbons (Fsp3) is 0.333. The Labute approximate surface area is 137 Å². The van der Waals surface area contributed by atoms with Gasteiger partial charge in [-0.25, -0.2) is 4.98 Å². The molecule has 0 bridgehead atoms. The number of nitrogens with zero attached hydrogens (tertiary/aromatic N) is 3. The first-order valence-corrected chi connectivity index (χ1v) is 8.01. The van der Waals surface area contributed by atoms with Gasteiger partial charge in [0.05, 0.1) is 22.5 Å². The van der Waals surface area contributed by atoms with Crippen molar-refractivity contribution in [2.24, 2.45) is 0 Å². The molecule has 0 amide bonds. The first-order chi connectivity index (χ1) is 10.3. The fourth-order valence-electron chi connectivity index (χ4n) is 2.29. The molecule has 0 atom stereocenters. The van der Waals surface area contributed by atoms with Crippen LogP contribution in [0.2, 0.25) is 0 Å². The van der Waals surface area contributed by atoms with Crippen LogP contribution in [0.4, 0.5) is 11.8 Å². The van der Waals surface area contributed by atoms with Crippen LogP contribution >= 0.6 is 22.6 Å². The largest absolute Gasteiger partial charge is 0.378 e. The standard InChI is InChI=1S/C15H17IN4O/c1-17-14-12(16)13(11-5-3-2-4-6-11)18-15(19-14)20-7-9-21-10-8-20/h2-6H,7-10H2,1H3,(H,17,18,19). The second kappa shape index (κ2) is 6.57. The molecule has 2 aromatic rings. The van der Waals surface area contributed by atoms with Gasteiger partial charge in [-0.2, -0.15) is 4.98 Å². The van der Waals surface area contributed by atoms with Crippen molar-refractivity contribution in [2.45, 2.75) is 0 Å². The van der Waals surface area contributed by atoms with E-state index in [0.717, 1.165) is 52.9 Å². The lowest BCUT2D eigenvalue weighted by molar-refractivity contribution is 0.122. The van der Waals surface area contributed by atoms with Crippen LogP contribution in [0.25, 0.3) is 11.3 Å². The Morgan fingerprint density at radius 3 is 2.52 bits per heavy atom. The second-order valence-electron chi connectivity index (χ2n) is 4.75. The highest BCUT2D eigenvalue weighted by atomic mass is 127. The van der Waals surface area contributed by atoms with Crippen molar-refractivity contribution < 1.29 is 4.74 Å². The predicted molar refractivity (Wildman–Crippen MR) is 92.8 cm³/mol. The third-order valence-corrected chi connectivity index (χ3v) is 4.44. The number of morpholine rings is 1. The van der Waals surface area contributed by atoms with Crippen LogP contribution < -0.4 is 10.2 Å². The summed E-state index contributed by atoms with van der Waals surface area (Å²) >= 11 is 2.30. The Bertz CT molecular complexity index is 615. The van der Waals surface area contributed by atoms with E-state index in [2.05, 4.69) is 49.9 Å². The molecule has 3 rings (SSSR count). The number of anilines is 2. The lowest BCUT2D eigenvalue weighted by atomic mass is 10.1. The van der Waals surface area contributed by atoms with E-state index in [4.69, 9.17) is 9.72 Å². The van der Waals surface area contributed by atoms with Crippen LogP contribution in [0.15, 0.2) is 30.3 Å². The van der Waals surface area contributed by atoms with Crippen LogP contribution in [0.3, 0.4) is 0 Å². The highest BCUT2D eigenvalue weighted by Gasteiger charge is 2.19. The molecule has 6 heteroatoms. The van der Waals surface area contributed by atoms with E-state index in [1.807, 2.05) is 25.2 Å². The van der Waals surface area contributed by atoms with Gasteiger partial charge in [-0.3, -0.25) is 0 Å². The summed E-state index contributed by atoms with van der Waals surface area (Å²) in [4.78, 5) is 11.6. The summed E-state index contributed by atoms with van der Waals surface area (Å²) in [5.41, 5.74) is 2.08. The molecule has 1 saturated heterocycles. The van der Waals surface area contributed by atoms with E-state index in [1.54, 1.807) is 0 Å². The molecular formula is C15H17IN4O. The number of benzene rings is 1. The van der Waals surface area contributed by atoms with Gasteiger partial charge >= 0.3 is 0 Å². The van der Waals surface area contributed by atoms with Gasteiger partial charge in [-0.05, 0) is 22.6 Å². The highest BCUT2D eigenvalue weighted by molar-refractivity contribution is 14.1. The van der Waals surface area contributed by atoms with Crippen molar-refractivity contribution in [1.29, 1.82) is 0 Å². The molecule has 1 aliphatic heterocycles. The molecular weight excluding hydrogens is 379 g/mol. The summed E-state index contributed by atoms with van der Waals surface area (Å²) < 4.78 is 6.44. The number of rotatable bonds is 3. The average molecular weight is 396 g/mol. The van der Waals surface area contributed by atoms with Crippen LogP contribution in [-0.4, -0.2) is 43.3 Å². The van der Waals surface area contributed by atoms with Gasteiger partial charge in [0.15, 0.2) is 0 Å². The van der Waals surface area contributed by atoms with Gasteiger partial charge in [0, 0.05) is 25.7 Å². The van der Waals surface area contributed by atoms with Crippen molar-refractivity contribution in [3.63, 3.8) is 0 Å². The fourth-order valence-corrected chi connectivity index (χ4v) is 3.12. The van der Waals surface area contributed by atoms with Crippen LogP contribution in [-0.2, 0) is 4.74 Å². The molecule has 110 valence electrons. The molecule has 0 spiro atoms. The number of halogens is 1. The van der Waals surface area contributed by atoms with E-state index < -0.39 is 0 Å². The number of aromatic nitrogens is 2. The van der Waals surface area contributed by atoms with Crippen molar-refractivity contribution in [3.8, 4) is 11.3 Å². The molecule has 0 saturated carbocycles. The quantitative estimate of drug-likeness (QED) is 0.809. The molecule has 0 unspecified atom stereocenters. The lowest BCUT2D eigenvalue weighted by Gasteiger charge is -2.27. The summed E-state index contributed by atoms with van der Waals surface area (Å²) in [6, 6.07) is 10.2. The Kier molecular flexibility index (Phi) is 4.54. The Balaban J connectivity index is 2.06. The van der Waals surface area contributed by atoms with Crippen molar-refractivity contribution in [2.75, 3.05) is 43.6 Å². The SMILES string of the molecule is CNc1nc(N2CCOCC2)nc(-c2ccccc2)c1I. The van der Waals surface area contributed by atoms with Gasteiger partial charge < -0.3 is 15.0 Å². The summed E-state index contributed by atoms with van der Waals surface area (Å²) in [5, 5.41) is 3.17. The molecule has 1 aromatic heterocycles. The van der Waals surface area contributed by atoms with Crippen molar-refractivity contribution in [1.82, 2.24) is 9.97 Å². The van der Waals surface area contributed by atoms with E-state index in [1.165, 1.54) is 0 Å². The minimum Gasteiger partial charge on any atom is -0.378 e. The summed E-state index contributed by atoms with van der Waals surface area (Å²) in [7, 11) is 1.89. The smallest absolute Gasteiger partial charge is 0.228 e. The zero-order valence-electron chi connectivity index (χ0n) is 11.8. The molecule has 21 heavy (non-hydrogen) atoms. The third kappa shape index (κ3) is 3.11. The Hall–Kier alpha value is -1.41. The Morgan fingerprint density at radius 2 is 1.86 bits per heavy atom. The molecule has 5 nitrogen and oxygen atoms in total. The summed E-state index contributed by atoms with van der Waals surface area (Å²) in [5.74, 6) is 1.63. The molecule has 1 N–H and O–H groups in total. The van der Waals surface area contributed by atoms with E-state index in [-0.39, 0.29) is 0 Å². The van der Waals surface area contributed by atoms with E-state index in [9.17, 15) is 0 Å². The maximum Gasteiger partial charge on any atom is 0.228 e. The van der Waals surface area contributed by atoms with Crippen LogP contribution in [0, 0.1) is 3.57 Å². The van der Waals surface area contributed by atoms with Crippen molar-refractivity contribution >= 4 is 34.4 Å². The maximum atomic E-state index is 5.40. The molecule has 1 fully saturated rings. The third-order valence-electron chi connectivity index (χ3n) is 3.42. The molecule has 2 heterocycles. The lowest BCUT2D eigenvalue weighted by Crippen LogP contribution is -2.37. The maximum absolute atomic E-state index is 5.40. The number of nitrogens with one attached hydrogen (secondary N) is 1. The highest BCUT2D eigenvalue weighted by Crippen LogP contribution is 2.30. The topological polar surface area (TPSA) is 50.3 Å². The second-order valence-corrected chi connectivity index (χ2v) is 5.83. The first-order valence-electron chi connectivity index (χ1n) is 6.93. The van der Waals surface area contributed by atoms with Gasteiger partial charge in [-0.15, -0.1) is 0 Å². The molecule has 1 aromatic carbocycles. The summed E-state index contributed by atoms with van der Waals surface area (Å²) in [6.07, 6.45) is 0. The molecule has 0 radical (unpaired) electrons. The monoisotopic (exact) mass is 396 g/mol. The van der Waals surface area contributed by atoms with Crippen LogP contribution in [0.5, 0.6) is 0 Å². The predicted octanol–water partition coefficient (Wildman–Crippen LogP) is 2.63. The van der Waals surface area contributed by atoms with Gasteiger partial charge in [0.25, 0.3) is 0 Å². The van der Waals surface area contributed by atoms with Gasteiger partial charge in [0.2, 0.25) is 5.95 Å². The zero-order valence-corrected chi connectivity index (χ0v) is 14.0. The van der Waals surface area contributed by atoms with E-state index in [0.29, 0.717) is 0 Å².